The molecule has 0 saturated heterocycles. The predicted molar refractivity (Wildman–Crippen MR) is 70.1 cm³/mol. The Hall–Kier alpha value is -2.08. The molecule has 1 amide bonds. The van der Waals surface area contributed by atoms with Crippen LogP contribution in [0.5, 0.6) is 0 Å². The van der Waals surface area contributed by atoms with Gasteiger partial charge < -0.3 is 14.3 Å². The highest BCUT2D eigenvalue weighted by Gasteiger charge is 2.13. The fourth-order valence-corrected chi connectivity index (χ4v) is 1.64. The summed E-state index contributed by atoms with van der Waals surface area (Å²) >= 11 is 0. The van der Waals surface area contributed by atoms with Gasteiger partial charge in [-0.25, -0.2) is 4.98 Å². The van der Waals surface area contributed by atoms with E-state index < -0.39 is 0 Å². The summed E-state index contributed by atoms with van der Waals surface area (Å²) in [6.07, 6.45) is 5.20. The van der Waals surface area contributed by atoms with Crippen LogP contribution >= 0.6 is 0 Å². The van der Waals surface area contributed by atoms with Gasteiger partial charge in [-0.2, -0.15) is 0 Å². The zero-order valence-corrected chi connectivity index (χ0v) is 11.1. The summed E-state index contributed by atoms with van der Waals surface area (Å²) < 4.78 is 7.07. The molecule has 2 aromatic rings. The van der Waals surface area contributed by atoms with Gasteiger partial charge in [-0.05, 0) is 19.1 Å². The molecular formula is C13H18N4O2. The van der Waals surface area contributed by atoms with E-state index in [1.165, 1.54) is 0 Å². The molecule has 19 heavy (non-hydrogen) atoms. The van der Waals surface area contributed by atoms with Crippen molar-refractivity contribution in [1.29, 1.82) is 0 Å². The highest BCUT2D eigenvalue weighted by Crippen LogP contribution is 1.99. The number of amides is 1. The quantitative estimate of drug-likeness (QED) is 0.808. The third-order valence-electron chi connectivity index (χ3n) is 2.90. The van der Waals surface area contributed by atoms with Crippen LogP contribution in [0.15, 0.2) is 35.2 Å². The van der Waals surface area contributed by atoms with E-state index in [9.17, 15) is 4.79 Å². The summed E-state index contributed by atoms with van der Waals surface area (Å²) in [6, 6.07) is 3.34. The second-order valence-electron chi connectivity index (χ2n) is 4.35. The predicted octanol–water partition coefficient (Wildman–Crippen LogP) is 0.808. The van der Waals surface area contributed by atoms with Crippen LogP contribution < -0.4 is 10.6 Å². The summed E-state index contributed by atoms with van der Waals surface area (Å²) in [5, 5.41) is 5.94. The minimum Gasteiger partial charge on any atom is -0.467 e. The lowest BCUT2D eigenvalue weighted by Crippen LogP contribution is -2.41. The van der Waals surface area contributed by atoms with Crippen molar-refractivity contribution < 1.29 is 9.21 Å². The molecule has 2 rings (SSSR count). The molecule has 2 N–H and O–H groups in total. The van der Waals surface area contributed by atoms with Gasteiger partial charge in [0.1, 0.15) is 11.6 Å². The monoisotopic (exact) mass is 262 g/mol. The summed E-state index contributed by atoms with van der Waals surface area (Å²) in [6.45, 7) is 2.78. The Balaban J connectivity index is 1.75. The highest BCUT2D eigenvalue weighted by molar-refractivity contribution is 5.81. The van der Waals surface area contributed by atoms with Gasteiger partial charge in [0.25, 0.3) is 0 Å². The standard InChI is InChI=1S/C13H18N4O2/c1-10(15-9-12-14-5-6-17(12)2)13(18)16-8-11-4-3-7-19-11/h3-7,10,15H,8-9H2,1-2H3,(H,16,18). The van der Waals surface area contributed by atoms with E-state index in [1.807, 2.05) is 30.8 Å². The van der Waals surface area contributed by atoms with Crippen LogP contribution in [0.3, 0.4) is 0 Å². The Labute approximate surface area is 111 Å². The molecule has 2 aromatic heterocycles. The molecule has 1 atom stereocenters. The van der Waals surface area contributed by atoms with Crippen LogP contribution in [-0.2, 0) is 24.9 Å². The zero-order valence-electron chi connectivity index (χ0n) is 11.1. The number of carbonyl (C=O) groups excluding carboxylic acids is 1. The third-order valence-corrected chi connectivity index (χ3v) is 2.90. The number of aryl methyl sites for hydroxylation is 1. The molecular weight excluding hydrogens is 244 g/mol. The highest BCUT2D eigenvalue weighted by atomic mass is 16.3. The summed E-state index contributed by atoms with van der Waals surface area (Å²) in [5.41, 5.74) is 0. The van der Waals surface area contributed by atoms with Gasteiger partial charge in [0.2, 0.25) is 5.91 Å². The average molecular weight is 262 g/mol. The molecule has 0 aromatic carbocycles. The van der Waals surface area contributed by atoms with Crippen molar-refractivity contribution in [2.45, 2.75) is 26.1 Å². The summed E-state index contributed by atoms with van der Waals surface area (Å²) in [7, 11) is 1.92. The molecule has 6 nitrogen and oxygen atoms in total. The lowest BCUT2D eigenvalue weighted by atomic mass is 10.3. The van der Waals surface area contributed by atoms with Gasteiger partial charge >= 0.3 is 0 Å². The van der Waals surface area contributed by atoms with E-state index in [1.54, 1.807) is 18.5 Å². The van der Waals surface area contributed by atoms with Crippen molar-refractivity contribution in [2.75, 3.05) is 0 Å². The maximum Gasteiger partial charge on any atom is 0.237 e. The first kappa shape index (κ1) is 13.4. The van der Waals surface area contributed by atoms with Gasteiger partial charge in [-0.3, -0.25) is 10.1 Å². The number of hydrogen-bond donors (Lipinski definition) is 2. The SMILES string of the molecule is CC(NCc1nccn1C)C(=O)NCc1ccco1. The van der Waals surface area contributed by atoms with E-state index in [2.05, 4.69) is 15.6 Å². The number of nitrogens with one attached hydrogen (secondary N) is 2. The van der Waals surface area contributed by atoms with Crippen molar-refractivity contribution >= 4 is 5.91 Å². The molecule has 1 unspecified atom stereocenters. The van der Waals surface area contributed by atoms with Gasteiger partial charge in [0.15, 0.2) is 0 Å². The molecule has 102 valence electrons. The lowest BCUT2D eigenvalue weighted by Gasteiger charge is -2.13. The molecule has 0 fully saturated rings. The van der Waals surface area contributed by atoms with Crippen LogP contribution in [0.1, 0.15) is 18.5 Å². The van der Waals surface area contributed by atoms with Crippen molar-refractivity contribution in [1.82, 2.24) is 20.2 Å². The fourth-order valence-electron chi connectivity index (χ4n) is 1.64. The third kappa shape index (κ3) is 3.69. The molecule has 2 heterocycles. The first-order chi connectivity index (χ1) is 9.16. The van der Waals surface area contributed by atoms with E-state index in [0.717, 1.165) is 11.6 Å². The van der Waals surface area contributed by atoms with Gasteiger partial charge in [0.05, 0.1) is 25.4 Å². The number of furan rings is 1. The molecule has 0 spiro atoms. The molecule has 6 heteroatoms. The van der Waals surface area contributed by atoms with Gasteiger partial charge in [0, 0.05) is 19.4 Å². The smallest absolute Gasteiger partial charge is 0.237 e. The van der Waals surface area contributed by atoms with Crippen molar-refractivity contribution in [3.05, 3.63) is 42.4 Å². The molecule has 0 saturated carbocycles. The van der Waals surface area contributed by atoms with E-state index in [-0.39, 0.29) is 11.9 Å². The minimum absolute atomic E-state index is 0.0643. The number of imidazole rings is 1. The van der Waals surface area contributed by atoms with Gasteiger partial charge in [-0.15, -0.1) is 0 Å². The molecule has 0 aliphatic rings. The first-order valence-corrected chi connectivity index (χ1v) is 6.16. The second kappa shape index (κ2) is 6.19. The zero-order chi connectivity index (χ0) is 13.7. The van der Waals surface area contributed by atoms with Crippen LogP contribution in [0.4, 0.5) is 0 Å². The van der Waals surface area contributed by atoms with E-state index in [0.29, 0.717) is 13.1 Å². The topological polar surface area (TPSA) is 72.1 Å². The number of rotatable bonds is 6. The normalized spacial score (nSPS) is 12.3. The molecule has 0 bridgehead atoms. The Bertz CT molecular complexity index is 518. The van der Waals surface area contributed by atoms with E-state index >= 15 is 0 Å². The number of hydrogen-bond acceptors (Lipinski definition) is 4. The first-order valence-electron chi connectivity index (χ1n) is 6.16. The summed E-state index contributed by atoms with van der Waals surface area (Å²) in [5.74, 6) is 1.57. The average Bonchev–Trinajstić information content (AvgIpc) is 3.04. The Morgan fingerprint density at radius 3 is 3.00 bits per heavy atom. The van der Waals surface area contributed by atoms with E-state index in [4.69, 9.17) is 4.42 Å². The lowest BCUT2D eigenvalue weighted by molar-refractivity contribution is -0.123. The maximum absolute atomic E-state index is 11.8. The summed E-state index contributed by atoms with van der Waals surface area (Å²) in [4.78, 5) is 16.0. The van der Waals surface area contributed by atoms with Crippen molar-refractivity contribution in [3.8, 4) is 0 Å². The van der Waals surface area contributed by atoms with Crippen molar-refractivity contribution in [2.24, 2.45) is 7.05 Å². The Morgan fingerprint density at radius 2 is 2.37 bits per heavy atom. The number of nitrogens with zero attached hydrogens (tertiary/aromatic N) is 2. The van der Waals surface area contributed by atoms with Crippen molar-refractivity contribution in [3.63, 3.8) is 0 Å². The number of carbonyl (C=O) groups is 1. The fraction of sp³-hybridized carbons (Fsp3) is 0.385. The van der Waals surface area contributed by atoms with Crippen LogP contribution in [-0.4, -0.2) is 21.5 Å². The molecule has 0 aliphatic heterocycles. The molecule has 0 aliphatic carbocycles. The molecule has 0 radical (unpaired) electrons. The Kier molecular flexibility index (Phi) is 4.35. The second-order valence-corrected chi connectivity index (χ2v) is 4.35. The van der Waals surface area contributed by atoms with Crippen LogP contribution in [0, 0.1) is 0 Å². The number of aromatic nitrogens is 2. The van der Waals surface area contributed by atoms with Crippen LogP contribution in [0.2, 0.25) is 0 Å². The maximum atomic E-state index is 11.8. The Morgan fingerprint density at radius 1 is 1.53 bits per heavy atom. The van der Waals surface area contributed by atoms with Gasteiger partial charge in [-0.1, -0.05) is 0 Å². The van der Waals surface area contributed by atoms with Crippen LogP contribution in [0.25, 0.3) is 0 Å². The minimum atomic E-state index is -0.285. The largest absolute Gasteiger partial charge is 0.467 e.